The lowest BCUT2D eigenvalue weighted by Gasteiger charge is -2.35. The highest BCUT2D eigenvalue weighted by atomic mass is 16.5. The van der Waals surface area contributed by atoms with Gasteiger partial charge in [-0.25, -0.2) is 4.98 Å². The minimum atomic E-state index is 0.400. The van der Waals surface area contributed by atoms with E-state index in [4.69, 9.17) is 15.5 Å². The van der Waals surface area contributed by atoms with Gasteiger partial charge in [0.2, 0.25) is 0 Å². The summed E-state index contributed by atoms with van der Waals surface area (Å²) in [6.45, 7) is 2.55. The number of aromatic nitrogens is 1. The van der Waals surface area contributed by atoms with Crippen molar-refractivity contribution in [2.24, 2.45) is 5.73 Å². The highest BCUT2D eigenvalue weighted by Gasteiger charge is 2.35. The largest absolute Gasteiger partial charge is 0.371 e. The van der Waals surface area contributed by atoms with Crippen LogP contribution < -0.4 is 10.6 Å². The monoisotopic (exact) mass is 273 g/mol. The molecular formula is C16H23N3O. The molecule has 0 amide bonds. The van der Waals surface area contributed by atoms with Crippen molar-refractivity contribution in [1.29, 1.82) is 0 Å². The van der Waals surface area contributed by atoms with E-state index in [2.05, 4.69) is 11.0 Å². The molecule has 108 valence electrons. The molecular weight excluding hydrogens is 250 g/mol. The van der Waals surface area contributed by atoms with E-state index in [0.29, 0.717) is 18.8 Å². The molecule has 4 nitrogen and oxygen atoms in total. The van der Waals surface area contributed by atoms with Crippen molar-refractivity contribution in [2.45, 2.75) is 57.3 Å². The average molecular weight is 273 g/mol. The molecule has 2 unspecified atom stereocenters. The standard InChI is InChI=1S/C16H23N3O/c17-8-12-7-11-3-1-2-4-15(11)18-16(12)19-9-13-5-6-14(10-19)20-13/h7,13-14H,1-6,8-10,17H2. The van der Waals surface area contributed by atoms with Gasteiger partial charge in [0.1, 0.15) is 5.82 Å². The van der Waals surface area contributed by atoms with Crippen LogP contribution in [0.25, 0.3) is 0 Å². The number of pyridine rings is 1. The molecule has 0 saturated carbocycles. The third-order valence-electron chi connectivity index (χ3n) is 4.92. The second-order valence-corrected chi connectivity index (χ2v) is 6.35. The number of hydrogen-bond acceptors (Lipinski definition) is 4. The van der Waals surface area contributed by atoms with Gasteiger partial charge in [-0.3, -0.25) is 0 Å². The van der Waals surface area contributed by atoms with Gasteiger partial charge in [0.25, 0.3) is 0 Å². The lowest BCUT2D eigenvalue weighted by molar-refractivity contribution is 0.0301. The van der Waals surface area contributed by atoms with Gasteiger partial charge in [0.05, 0.1) is 12.2 Å². The second kappa shape index (κ2) is 5.01. The number of nitrogens with zero attached hydrogens (tertiary/aromatic N) is 2. The van der Waals surface area contributed by atoms with Crippen molar-refractivity contribution in [2.75, 3.05) is 18.0 Å². The van der Waals surface area contributed by atoms with Gasteiger partial charge in [0.15, 0.2) is 0 Å². The lowest BCUT2D eigenvalue weighted by atomic mass is 9.94. The Hall–Kier alpha value is -1.13. The molecule has 3 aliphatic rings. The fourth-order valence-corrected chi connectivity index (χ4v) is 3.88. The molecule has 2 bridgehead atoms. The summed E-state index contributed by atoms with van der Waals surface area (Å²) in [7, 11) is 0. The van der Waals surface area contributed by atoms with Crippen molar-refractivity contribution in [3.63, 3.8) is 0 Å². The number of fused-ring (bicyclic) bond motifs is 3. The Balaban J connectivity index is 1.69. The zero-order chi connectivity index (χ0) is 13.5. The van der Waals surface area contributed by atoms with E-state index < -0.39 is 0 Å². The summed E-state index contributed by atoms with van der Waals surface area (Å²) in [6.07, 6.45) is 8.06. The summed E-state index contributed by atoms with van der Waals surface area (Å²) in [5, 5.41) is 0. The Kier molecular flexibility index (Phi) is 3.15. The lowest BCUT2D eigenvalue weighted by Crippen LogP contribution is -2.43. The Bertz CT molecular complexity index is 505. The second-order valence-electron chi connectivity index (χ2n) is 6.35. The first-order valence-electron chi connectivity index (χ1n) is 7.95. The molecule has 0 radical (unpaired) electrons. The van der Waals surface area contributed by atoms with Gasteiger partial charge in [-0.05, 0) is 50.2 Å². The maximum Gasteiger partial charge on any atom is 0.133 e. The van der Waals surface area contributed by atoms with Crippen LogP contribution in [-0.2, 0) is 24.1 Å². The van der Waals surface area contributed by atoms with Crippen LogP contribution in [0.4, 0.5) is 5.82 Å². The van der Waals surface area contributed by atoms with E-state index in [-0.39, 0.29) is 0 Å². The summed E-state index contributed by atoms with van der Waals surface area (Å²) in [5.41, 5.74) is 9.93. The summed E-state index contributed by atoms with van der Waals surface area (Å²) in [5.74, 6) is 1.13. The number of rotatable bonds is 2. The highest BCUT2D eigenvalue weighted by molar-refractivity contribution is 5.51. The maximum absolute atomic E-state index is 5.98. The van der Waals surface area contributed by atoms with Crippen LogP contribution in [0, 0.1) is 0 Å². The van der Waals surface area contributed by atoms with Crippen molar-refractivity contribution in [3.8, 4) is 0 Å². The molecule has 0 spiro atoms. The Morgan fingerprint density at radius 3 is 2.70 bits per heavy atom. The topological polar surface area (TPSA) is 51.4 Å². The van der Waals surface area contributed by atoms with Crippen LogP contribution in [-0.4, -0.2) is 30.3 Å². The molecule has 4 rings (SSSR count). The van der Waals surface area contributed by atoms with E-state index >= 15 is 0 Å². The molecule has 20 heavy (non-hydrogen) atoms. The smallest absolute Gasteiger partial charge is 0.133 e. The molecule has 1 aromatic rings. The minimum Gasteiger partial charge on any atom is -0.371 e. The van der Waals surface area contributed by atoms with Crippen molar-refractivity contribution < 1.29 is 4.74 Å². The average Bonchev–Trinajstić information content (AvgIpc) is 2.84. The van der Waals surface area contributed by atoms with E-state index in [0.717, 1.165) is 25.3 Å². The molecule has 3 heterocycles. The first kappa shape index (κ1) is 12.6. The maximum atomic E-state index is 5.98. The molecule has 4 heteroatoms. The normalized spacial score (nSPS) is 28.6. The van der Waals surface area contributed by atoms with Gasteiger partial charge < -0.3 is 15.4 Å². The van der Waals surface area contributed by atoms with Gasteiger partial charge in [-0.15, -0.1) is 0 Å². The molecule has 2 aliphatic heterocycles. The fourth-order valence-electron chi connectivity index (χ4n) is 3.88. The van der Waals surface area contributed by atoms with Crippen LogP contribution in [0.5, 0.6) is 0 Å². The van der Waals surface area contributed by atoms with Gasteiger partial charge in [-0.1, -0.05) is 0 Å². The minimum absolute atomic E-state index is 0.400. The van der Waals surface area contributed by atoms with Crippen LogP contribution in [0.15, 0.2) is 6.07 Å². The summed E-state index contributed by atoms with van der Waals surface area (Å²) >= 11 is 0. The van der Waals surface area contributed by atoms with Crippen LogP contribution >= 0.6 is 0 Å². The van der Waals surface area contributed by atoms with Crippen LogP contribution in [0.3, 0.4) is 0 Å². The van der Waals surface area contributed by atoms with Gasteiger partial charge >= 0.3 is 0 Å². The Labute approximate surface area is 120 Å². The first-order valence-corrected chi connectivity index (χ1v) is 7.95. The SMILES string of the molecule is NCc1cc2c(nc1N1CC3CCC(C1)O3)CCCC2. The third-order valence-corrected chi connectivity index (χ3v) is 4.92. The van der Waals surface area contributed by atoms with Gasteiger partial charge in [0, 0.05) is 30.9 Å². The van der Waals surface area contributed by atoms with E-state index in [1.165, 1.54) is 48.9 Å². The van der Waals surface area contributed by atoms with Crippen molar-refractivity contribution >= 4 is 5.82 Å². The summed E-state index contributed by atoms with van der Waals surface area (Å²) in [6, 6.07) is 2.31. The van der Waals surface area contributed by atoms with E-state index in [1.807, 2.05) is 0 Å². The number of anilines is 1. The predicted molar refractivity (Wildman–Crippen MR) is 78.9 cm³/mol. The number of nitrogens with two attached hydrogens (primary N) is 1. The first-order chi connectivity index (χ1) is 9.83. The van der Waals surface area contributed by atoms with Crippen molar-refractivity contribution in [3.05, 3.63) is 22.9 Å². The number of hydrogen-bond donors (Lipinski definition) is 1. The third kappa shape index (κ3) is 2.11. The molecule has 0 aromatic carbocycles. The Morgan fingerprint density at radius 2 is 1.95 bits per heavy atom. The molecule has 2 fully saturated rings. The Morgan fingerprint density at radius 1 is 1.20 bits per heavy atom. The molecule has 2 atom stereocenters. The number of ether oxygens (including phenoxy) is 1. The number of morpholine rings is 1. The summed E-state index contributed by atoms with van der Waals surface area (Å²) in [4.78, 5) is 7.41. The van der Waals surface area contributed by atoms with Crippen molar-refractivity contribution in [1.82, 2.24) is 4.98 Å². The highest BCUT2D eigenvalue weighted by Crippen LogP contribution is 2.32. The number of aryl methyl sites for hydroxylation is 2. The molecule has 2 N–H and O–H groups in total. The zero-order valence-electron chi connectivity index (χ0n) is 12.0. The van der Waals surface area contributed by atoms with Gasteiger partial charge in [-0.2, -0.15) is 0 Å². The fraction of sp³-hybridized carbons (Fsp3) is 0.688. The van der Waals surface area contributed by atoms with E-state index in [9.17, 15) is 0 Å². The molecule has 1 aromatic heterocycles. The van der Waals surface area contributed by atoms with Crippen LogP contribution in [0.2, 0.25) is 0 Å². The predicted octanol–water partition coefficient (Wildman–Crippen LogP) is 1.79. The molecule has 2 saturated heterocycles. The zero-order valence-corrected chi connectivity index (χ0v) is 12.0. The van der Waals surface area contributed by atoms with Crippen LogP contribution in [0.1, 0.15) is 42.5 Å². The quantitative estimate of drug-likeness (QED) is 0.892. The summed E-state index contributed by atoms with van der Waals surface area (Å²) < 4.78 is 5.93. The molecule has 1 aliphatic carbocycles. The van der Waals surface area contributed by atoms with E-state index in [1.54, 1.807) is 0 Å².